The molecular weight excluding hydrogens is 865 g/mol. The highest BCUT2D eigenvalue weighted by atomic mass is 16.8. The lowest BCUT2D eigenvalue weighted by Gasteiger charge is -2.71. The quantitative estimate of drug-likeness (QED) is 0.106. The molecule has 0 aromatic heterocycles. The van der Waals surface area contributed by atoms with Crippen LogP contribution in [0.5, 0.6) is 0 Å². The fraction of sp³-hybridized carbons (Fsp3) is 0.938. The summed E-state index contributed by atoms with van der Waals surface area (Å²) in [5, 5.41) is 119. The Kier molecular flexibility index (Phi) is 13.9. The van der Waals surface area contributed by atoms with Crippen molar-refractivity contribution in [1.29, 1.82) is 0 Å². The molecule has 4 saturated carbocycles. The molecule has 0 bridgehead atoms. The number of hydrogen-bond donors (Lipinski definition) is 11. The van der Waals surface area contributed by atoms with Crippen LogP contribution in [0.3, 0.4) is 0 Å². The number of rotatable bonds is 10. The molecule has 8 aliphatic rings. The zero-order chi connectivity index (χ0) is 48.3. The number of aliphatic hydroxyl groups is 10. The predicted molar refractivity (Wildman–Crippen MR) is 231 cm³/mol. The molecule has 3 aliphatic heterocycles. The van der Waals surface area contributed by atoms with E-state index in [4.69, 9.17) is 28.4 Å². The van der Waals surface area contributed by atoms with E-state index in [0.717, 1.165) is 44.9 Å². The van der Waals surface area contributed by atoms with Gasteiger partial charge in [0.25, 0.3) is 0 Å². The van der Waals surface area contributed by atoms with Crippen molar-refractivity contribution in [1.82, 2.24) is 0 Å². The van der Waals surface area contributed by atoms with Gasteiger partial charge in [0, 0.05) is 5.41 Å². The summed E-state index contributed by atoms with van der Waals surface area (Å²) in [7, 11) is 0. The Morgan fingerprint density at radius 1 is 0.652 bits per heavy atom. The van der Waals surface area contributed by atoms with E-state index in [1.165, 1.54) is 5.57 Å². The number of aliphatic carboxylic acids is 1. The molecule has 18 heteroatoms. The molecule has 8 rings (SSSR count). The molecule has 18 nitrogen and oxygen atoms in total. The molecule has 0 radical (unpaired) electrons. The monoisotopic (exact) mass is 943 g/mol. The van der Waals surface area contributed by atoms with Crippen molar-refractivity contribution in [2.75, 3.05) is 19.8 Å². The van der Waals surface area contributed by atoms with Crippen LogP contribution in [-0.4, -0.2) is 180 Å². The number of aliphatic hydroxyl groups excluding tert-OH is 10. The van der Waals surface area contributed by atoms with Gasteiger partial charge in [-0.2, -0.15) is 0 Å². The van der Waals surface area contributed by atoms with E-state index in [1.807, 2.05) is 6.92 Å². The summed E-state index contributed by atoms with van der Waals surface area (Å²) in [5.74, 6) is -0.402. The lowest BCUT2D eigenvalue weighted by atomic mass is 9.33. The van der Waals surface area contributed by atoms with Crippen molar-refractivity contribution in [3.8, 4) is 0 Å². The lowest BCUT2D eigenvalue weighted by molar-refractivity contribution is -0.383. The van der Waals surface area contributed by atoms with Gasteiger partial charge in [-0.1, -0.05) is 53.2 Å². The van der Waals surface area contributed by atoms with Crippen molar-refractivity contribution in [3.63, 3.8) is 0 Å². The summed E-state index contributed by atoms with van der Waals surface area (Å²) >= 11 is 0. The first-order valence-corrected chi connectivity index (χ1v) is 24.3. The second-order valence-electron chi connectivity index (χ2n) is 23.3. The Bertz CT molecular complexity index is 1800. The second-order valence-corrected chi connectivity index (χ2v) is 23.3. The van der Waals surface area contributed by atoms with Gasteiger partial charge in [-0.3, -0.25) is 4.79 Å². The van der Waals surface area contributed by atoms with E-state index >= 15 is 0 Å². The first-order chi connectivity index (χ1) is 30.9. The van der Waals surface area contributed by atoms with Crippen molar-refractivity contribution in [2.24, 2.45) is 50.2 Å². The van der Waals surface area contributed by atoms with E-state index < -0.39 is 128 Å². The minimum atomic E-state index is -1.92. The van der Waals surface area contributed by atoms with E-state index in [2.05, 4.69) is 40.7 Å². The van der Waals surface area contributed by atoms with E-state index in [0.29, 0.717) is 19.3 Å². The van der Waals surface area contributed by atoms with Gasteiger partial charge in [-0.15, -0.1) is 0 Å². The number of ether oxygens (including phenoxy) is 6. The molecule has 11 N–H and O–H groups in total. The Morgan fingerprint density at radius 2 is 1.26 bits per heavy atom. The van der Waals surface area contributed by atoms with Gasteiger partial charge in [0.1, 0.15) is 67.1 Å². The van der Waals surface area contributed by atoms with Crippen molar-refractivity contribution < 1.29 is 89.4 Å². The van der Waals surface area contributed by atoms with Gasteiger partial charge in [0.2, 0.25) is 0 Å². The molecule has 66 heavy (non-hydrogen) atoms. The predicted octanol–water partition coefficient (Wildman–Crippen LogP) is 0.706. The largest absolute Gasteiger partial charge is 0.481 e. The standard InChI is InChI=1S/C48H78O18/c1-22-30(52)38(66-40-35(57)33(55)37(26(20-50)63-40)65-39-34(56)32(54)31(53)25(19-49)62-39)36(58)41(61-22)64-29-11-12-44(4)27(45(29,5)21-51)10-13-47(7)28(44)9-8-23-24-18-43(2,3)14-16-48(24,42(59)60)17-15-46(23,47)6/h8,22,24-41,49-58H,9-21H2,1-7H3,(H,59,60)/t22-,24-,25+,26-,27-,28+,29-,30-,31-,32-,33-,34-,35-,36+,37+,38+,39-,40+,41-,44-,45-,46+,47+,48-/m0/s1. The SMILES string of the molecule is C[C@@H]1O[C@@H](O[C@H]2CC[C@@]3(C)[C@H](CC[C@]4(C)[C@@H]3CC=C3[C@@H]5CC(C)(C)CC[C@]5(C(=O)O)CC[C@]34C)[C@]2(C)CO)[C@H](O)[C@H](O[C@H]2O[C@@H](CO)[C@@H](O[C@@H]3O[C@H](CO)[C@H](O)[C@H](O)[C@@H]3O)[C@@H](O)[C@@H]2O)[C@H]1O. The highest BCUT2D eigenvalue weighted by Gasteiger charge is 2.70. The van der Waals surface area contributed by atoms with Gasteiger partial charge in [0.15, 0.2) is 18.9 Å². The topological polar surface area (TPSA) is 295 Å². The van der Waals surface area contributed by atoms with Crippen LogP contribution in [-0.2, 0) is 33.2 Å². The molecule has 5 aliphatic carbocycles. The smallest absolute Gasteiger partial charge is 0.310 e. The number of carboxylic acid groups (broad SMARTS) is 1. The third kappa shape index (κ3) is 7.78. The zero-order valence-corrected chi connectivity index (χ0v) is 39.5. The lowest BCUT2D eigenvalue weighted by Crippen LogP contribution is -2.67. The molecule has 0 spiro atoms. The van der Waals surface area contributed by atoms with Crippen molar-refractivity contribution in [2.45, 2.75) is 211 Å². The molecule has 0 aromatic rings. The summed E-state index contributed by atoms with van der Waals surface area (Å²) in [6, 6.07) is 0. The van der Waals surface area contributed by atoms with Crippen LogP contribution in [0.15, 0.2) is 11.6 Å². The van der Waals surface area contributed by atoms with Crippen LogP contribution in [0.1, 0.15) is 113 Å². The molecule has 3 heterocycles. The number of carboxylic acids is 1. The molecule has 0 aromatic carbocycles. The minimum Gasteiger partial charge on any atom is -0.481 e. The van der Waals surface area contributed by atoms with Gasteiger partial charge in [0.05, 0.1) is 37.4 Å². The fourth-order valence-electron chi connectivity index (χ4n) is 15.1. The summed E-state index contributed by atoms with van der Waals surface area (Å²) < 4.78 is 35.7. The Labute approximate surface area is 387 Å². The maximum Gasteiger partial charge on any atom is 0.310 e. The first-order valence-electron chi connectivity index (χ1n) is 24.3. The minimum absolute atomic E-state index is 0.00613. The van der Waals surface area contributed by atoms with Crippen LogP contribution in [0.2, 0.25) is 0 Å². The van der Waals surface area contributed by atoms with E-state index in [9.17, 15) is 61.0 Å². The molecule has 0 unspecified atom stereocenters. The van der Waals surface area contributed by atoms with Gasteiger partial charge < -0.3 is 84.6 Å². The van der Waals surface area contributed by atoms with Crippen molar-refractivity contribution in [3.05, 3.63) is 11.6 Å². The molecular formula is C48H78O18. The van der Waals surface area contributed by atoms with Crippen LogP contribution in [0.4, 0.5) is 0 Å². The molecule has 378 valence electrons. The third-order valence-electron chi connectivity index (χ3n) is 19.5. The number of fused-ring (bicyclic) bond motifs is 7. The average Bonchev–Trinajstić information content (AvgIpc) is 3.27. The Morgan fingerprint density at radius 3 is 1.89 bits per heavy atom. The van der Waals surface area contributed by atoms with E-state index in [1.54, 1.807) is 6.92 Å². The average molecular weight is 943 g/mol. The summed E-state index contributed by atoms with van der Waals surface area (Å²) in [4.78, 5) is 13.1. The summed E-state index contributed by atoms with van der Waals surface area (Å²) in [5.41, 5.74) is -0.628. The fourth-order valence-corrected chi connectivity index (χ4v) is 15.1. The first kappa shape index (κ1) is 50.9. The summed E-state index contributed by atoms with van der Waals surface area (Å²) in [6.45, 7) is 13.6. The van der Waals surface area contributed by atoms with Crippen molar-refractivity contribution >= 4 is 5.97 Å². The number of allylic oxidation sites excluding steroid dienone is 2. The zero-order valence-electron chi connectivity index (χ0n) is 39.5. The molecule has 24 atom stereocenters. The Hall–Kier alpha value is -1.43. The van der Waals surface area contributed by atoms with Crippen LogP contribution in [0.25, 0.3) is 0 Å². The van der Waals surface area contributed by atoms with Gasteiger partial charge in [-0.25, -0.2) is 0 Å². The second kappa shape index (κ2) is 18.0. The summed E-state index contributed by atoms with van der Waals surface area (Å²) in [6.07, 6.45) is -14.3. The van der Waals surface area contributed by atoms with E-state index in [-0.39, 0.29) is 46.0 Å². The third-order valence-corrected chi connectivity index (χ3v) is 19.5. The normalized spacial score (nSPS) is 54.8. The van der Waals surface area contributed by atoms with Crippen LogP contribution in [0, 0.1) is 50.2 Å². The van der Waals surface area contributed by atoms with Gasteiger partial charge >= 0.3 is 5.97 Å². The highest BCUT2D eigenvalue weighted by Crippen LogP contribution is 2.76. The number of carbonyl (C=O) groups is 1. The maximum absolute atomic E-state index is 13.1. The Balaban J connectivity index is 0.977. The maximum atomic E-state index is 13.1. The van der Waals surface area contributed by atoms with Crippen LogP contribution >= 0.6 is 0 Å². The molecule has 7 fully saturated rings. The highest BCUT2D eigenvalue weighted by molar-refractivity contribution is 5.76. The van der Waals surface area contributed by atoms with Gasteiger partial charge in [-0.05, 0) is 111 Å². The molecule has 0 amide bonds. The molecule has 3 saturated heterocycles. The number of hydrogen-bond acceptors (Lipinski definition) is 17. The van der Waals surface area contributed by atoms with Crippen LogP contribution < -0.4 is 0 Å².